The first-order valence-electron chi connectivity index (χ1n) is 9.07. The molecule has 0 bridgehead atoms. The molecule has 2 fully saturated rings. The Morgan fingerprint density at radius 2 is 1.88 bits per heavy atom. The molecule has 1 saturated carbocycles. The van der Waals surface area contributed by atoms with Gasteiger partial charge in [-0.25, -0.2) is 4.79 Å². The van der Waals surface area contributed by atoms with E-state index in [9.17, 15) is 4.79 Å². The maximum absolute atomic E-state index is 12.5. The number of hydrogen-bond donors (Lipinski definition) is 1. The first-order valence-corrected chi connectivity index (χ1v) is 9.07. The van der Waals surface area contributed by atoms with Crippen molar-refractivity contribution in [1.82, 2.24) is 9.80 Å². The van der Waals surface area contributed by atoms with Gasteiger partial charge in [-0.05, 0) is 50.3 Å². The van der Waals surface area contributed by atoms with Crippen LogP contribution in [0.15, 0.2) is 30.3 Å². The molecule has 1 aliphatic heterocycles. The summed E-state index contributed by atoms with van der Waals surface area (Å²) < 4.78 is 5.54. The minimum Gasteiger partial charge on any atom is -0.445 e. The zero-order chi connectivity index (χ0) is 16.8. The third-order valence-corrected chi connectivity index (χ3v) is 5.01. The number of ether oxygens (including phenoxy) is 1. The summed E-state index contributed by atoms with van der Waals surface area (Å²) in [5.74, 6) is 0.546. The molecule has 1 N–H and O–H groups in total. The average Bonchev–Trinajstić information content (AvgIpc) is 3.45. The number of aliphatic hydroxyl groups is 1. The van der Waals surface area contributed by atoms with Crippen molar-refractivity contribution in [2.45, 2.75) is 38.3 Å². The SMILES string of the molecule is O=C(OCc1ccccc1)N(CC1CCN(CCO)CC1)C1CC1. The Morgan fingerprint density at radius 3 is 2.50 bits per heavy atom. The molecule has 24 heavy (non-hydrogen) atoms. The molecule has 0 aromatic heterocycles. The van der Waals surface area contributed by atoms with Crippen LogP contribution in [0.25, 0.3) is 0 Å². The molecule has 1 aliphatic carbocycles. The Labute approximate surface area is 144 Å². The van der Waals surface area contributed by atoms with Crippen molar-refractivity contribution >= 4 is 6.09 Å². The largest absolute Gasteiger partial charge is 0.445 e. The second-order valence-electron chi connectivity index (χ2n) is 6.93. The summed E-state index contributed by atoms with van der Waals surface area (Å²) in [7, 11) is 0. The number of rotatable bonds is 7. The third kappa shape index (κ3) is 4.95. The van der Waals surface area contributed by atoms with Crippen LogP contribution in [0.5, 0.6) is 0 Å². The van der Waals surface area contributed by atoms with Crippen molar-refractivity contribution in [3.05, 3.63) is 35.9 Å². The summed E-state index contributed by atoms with van der Waals surface area (Å²) in [6.45, 7) is 4.18. The van der Waals surface area contributed by atoms with Gasteiger partial charge in [-0.15, -0.1) is 0 Å². The van der Waals surface area contributed by atoms with E-state index in [0.717, 1.165) is 57.4 Å². The number of hydrogen-bond acceptors (Lipinski definition) is 4. The lowest BCUT2D eigenvalue weighted by atomic mass is 9.96. The van der Waals surface area contributed by atoms with Gasteiger partial charge in [-0.3, -0.25) is 0 Å². The summed E-state index contributed by atoms with van der Waals surface area (Å²) in [5, 5.41) is 9.03. The normalized spacial score (nSPS) is 19.2. The molecule has 3 rings (SSSR count). The topological polar surface area (TPSA) is 53.0 Å². The van der Waals surface area contributed by atoms with Crippen molar-refractivity contribution in [2.24, 2.45) is 5.92 Å². The van der Waals surface area contributed by atoms with E-state index in [-0.39, 0.29) is 12.7 Å². The summed E-state index contributed by atoms with van der Waals surface area (Å²) in [5.41, 5.74) is 1.03. The number of aliphatic hydroxyl groups excluding tert-OH is 1. The van der Waals surface area contributed by atoms with Crippen molar-refractivity contribution in [2.75, 3.05) is 32.8 Å². The minimum absolute atomic E-state index is 0.167. The zero-order valence-corrected chi connectivity index (χ0v) is 14.3. The van der Waals surface area contributed by atoms with E-state index in [4.69, 9.17) is 9.84 Å². The van der Waals surface area contributed by atoms with Crippen molar-refractivity contribution in [3.8, 4) is 0 Å². The molecular formula is C19H28N2O3. The first kappa shape index (κ1) is 17.2. The number of likely N-dealkylation sites (tertiary alicyclic amines) is 1. The predicted octanol–water partition coefficient (Wildman–Crippen LogP) is 2.49. The number of β-amino-alcohol motifs (C(OH)–C–C–N with tert-alkyl or cyclic N) is 1. The third-order valence-electron chi connectivity index (χ3n) is 5.01. The van der Waals surface area contributed by atoms with Crippen LogP contribution in [0.3, 0.4) is 0 Å². The second kappa shape index (κ2) is 8.49. The standard InChI is InChI=1S/C19H28N2O3/c22-13-12-20-10-8-16(9-11-20)14-21(18-6-7-18)19(23)24-15-17-4-2-1-3-5-17/h1-5,16,18,22H,6-15H2. The lowest BCUT2D eigenvalue weighted by molar-refractivity contribution is 0.0766. The molecule has 0 unspecified atom stereocenters. The number of benzene rings is 1. The smallest absolute Gasteiger partial charge is 0.410 e. The molecule has 1 saturated heterocycles. The van der Waals surface area contributed by atoms with Gasteiger partial charge in [-0.1, -0.05) is 30.3 Å². The molecule has 1 amide bonds. The highest BCUT2D eigenvalue weighted by molar-refractivity contribution is 5.68. The minimum atomic E-state index is -0.167. The Hall–Kier alpha value is -1.59. The Morgan fingerprint density at radius 1 is 1.17 bits per heavy atom. The average molecular weight is 332 g/mol. The van der Waals surface area contributed by atoms with E-state index >= 15 is 0 Å². The van der Waals surface area contributed by atoms with Gasteiger partial charge in [-0.2, -0.15) is 0 Å². The molecule has 1 aromatic carbocycles. The Bertz CT molecular complexity index is 511. The van der Waals surface area contributed by atoms with Gasteiger partial charge < -0.3 is 19.6 Å². The maximum Gasteiger partial charge on any atom is 0.410 e. The van der Waals surface area contributed by atoms with Gasteiger partial charge in [0.1, 0.15) is 6.61 Å². The van der Waals surface area contributed by atoms with Gasteiger partial charge in [0.2, 0.25) is 0 Å². The van der Waals surface area contributed by atoms with E-state index in [1.165, 1.54) is 0 Å². The highest BCUT2D eigenvalue weighted by Crippen LogP contribution is 2.30. The monoisotopic (exact) mass is 332 g/mol. The lowest BCUT2D eigenvalue weighted by Crippen LogP contribution is -2.42. The molecule has 5 heteroatoms. The molecule has 0 atom stereocenters. The van der Waals surface area contributed by atoms with Crippen LogP contribution in [0, 0.1) is 5.92 Å². The fraction of sp³-hybridized carbons (Fsp3) is 0.632. The van der Waals surface area contributed by atoms with Crippen LogP contribution < -0.4 is 0 Å². The van der Waals surface area contributed by atoms with Crippen molar-refractivity contribution in [1.29, 1.82) is 0 Å². The summed E-state index contributed by atoms with van der Waals surface area (Å²) in [6.07, 6.45) is 4.22. The van der Waals surface area contributed by atoms with E-state index in [0.29, 0.717) is 18.6 Å². The van der Waals surface area contributed by atoms with Gasteiger partial charge in [0.05, 0.1) is 6.61 Å². The molecule has 2 aliphatic rings. The summed E-state index contributed by atoms with van der Waals surface area (Å²) >= 11 is 0. The Balaban J connectivity index is 1.47. The number of carbonyl (C=O) groups is 1. The molecule has 0 radical (unpaired) electrons. The van der Waals surface area contributed by atoms with Crippen molar-refractivity contribution in [3.63, 3.8) is 0 Å². The number of amides is 1. The number of piperidine rings is 1. The van der Waals surface area contributed by atoms with Crippen LogP contribution in [0.4, 0.5) is 4.79 Å². The quantitative estimate of drug-likeness (QED) is 0.833. The first-order chi connectivity index (χ1) is 11.8. The summed E-state index contributed by atoms with van der Waals surface area (Å²) in [4.78, 5) is 16.7. The van der Waals surface area contributed by atoms with Gasteiger partial charge in [0, 0.05) is 19.1 Å². The Kier molecular flexibility index (Phi) is 6.10. The van der Waals surface area contributed by atoms with Crippen molar-refractivity contribution < 1.29 is 14.6 Å². The van der Waals surface area contributed by atoms with Gasteiger partial charge >= 0.3 is 6.09 Å². The molecule has 1 heterocycles. The molecule has 1 aromatic rings. The number of carbonyl (C=O) groups excluding carboxylic acids is 1. The molecule has 132 valence electrons. The molecule has 0 spiro atoms. The van der Waals surface area contributed by atoms with E-state index in [1.54, 1.807) is 0 Å². The highest BCUT2D eigenvalue weighted by Gasteiger charge is 2.35. The molecule has 5 nitrogen and oxygen atoms in total. The van der Waals surface area contributed by atoms with E-state index < -0.39 is 0 Å². The fourth-order valence-electron chi connectivity index (χ4n) is 3.37. The number of nitrogens with zero attached hydrogens (tertiary/aromatic N) is 2. The van der Waals surface area contributed by atoms with Gasteiger partial charge in [0.15, 0.2) is 0 Å². The van der Waals surface area contributed by atoms with Crippen LogP contribution in [0.2, 0.25) is 0 Å². The van der Waals surface area contributed by atoms with E-state index in [1.807, 2.05) is 35.2 Å². The lowest BCUT2D eigenvalue weighted by Gasteiger charge is -2.34. The summed E-state index contributed by atoms with van der Waals surface area (Å²) in [6, 6.07) is 10.2. The van der Waals surface area contributed by atoms with E-state index in [2.05, 4.69) is 4.90 Å². The zero-order valence-electron chi connectivity index (χ0n) is 14.3. The second-order valence-corrected chi connectivity index (χ2v) is 6.93. The predicted molar refractivity (Wildman–Crippen MR) is 92.6 cm³/mol. The maximum atomic E-state index is 12.5. The molecular weight excluding hydrogens is 304 g/mol. The van der Waals surface area contributed by atoms with Gasteiger partial charge in [0.25, 0.3) is 0 Å². The fourth-order valence-corrected chi connectivity index (χ4v) is 3.37. The van der Waals surface area contributed by atoms with Crippen LogP contribution >= 0.6 is 0 Å². The van der Waals surface area contributed by atoms with Crippen LogP contribution in [-0.4, -0.2) is 59.8 Å². The highest BCUT2D eigenvalue weighted by atomic mass is 16.6. The van der Waals surface area contributed by atoms with Crippen LogP contribution in [-0.2, 0) is 11.3 Å². The van der Waals surface area contributed by atoms with Crippen LogP contribution in [0.1, 0.15) is 31.2 Å².